The zero-order valence-electron chi connectivity index (χ0n) is 7.16. The summed E-state index contributed by atoms with van der Waals surface area (Å²) in [6.07, 6.45) is 2.64. The molecule has 1 rings (SSSR count). The van der Waals surface area contributed by atoms with E-state index in [1.165, 1.54) is 0 Å². The molecule has 2 nitrogen and oxygen atoms in total. The van der Waals surface area contributed by atoms with E-state index in [1.54, 1.807) is 7.11 Å². The Balaban J connectivity index is 2.86. The molecule has 3 heteroatoms. The van der Waals surface area contributed by atoms with Gasteiger partial charge in [0.1, 0.15) is 5.75 Å². The fourth-order valence-corrected chi connectivity index (χ4v) is 1.25. The molecule has 0 N–H and O–H groups in total. The summed E-state index contributed by atoms with van der Waals surface area (Å²) in [4.78, 5) is 10.3. The number of rotatable bonds is 3. The van der Waals surface area contributed by atoms with Crippen molar-refractivity contribution >= 4 is 35.0 Å². The molecule has 0 spiro atoms. The van der Waals surface area contributed by atoms with Gasteiger partial charge in [0.05, 0.1) is 10.7 Å². The van der Waals surface area contributed by atoms with Gasteiger partial charge in [-0.15, -0.1) is 0 Å². The number of aldehydes is 1. The van der Waals surface area contributed by atoms with E-state index in [-0.39, 0.29) is 0 Å². The molecular weight excluding hydrogens is 279 g/mol. The van der Waals surface area contributed by atoms with E-state index in [0.29, 0.717) is 3.58 Å². The van der Waals surface area contributed by atoms with Crippen molar-refractivity contribution in [1.82, 2.24) is 0 Å². The summed E-state index contributed by atoms with van der Waals surface area (Å²) in [6.45, 7) is 0. The maximum atomic E-state index is 10.3. The molecule has 0 aromatic heterocycles. The predicted molar refractivity (Wildman–Crippen MR) is 61.1 cm³/mol. The summed E-state index contributed by atoms with van der Waals surface area (Å²) < 4.78 is 5.69. The van der Waals surface area contributed by atoms with E-state index in [4.69, 9.17) is 4.74 Å². The van der Waals surface area contributed by atoms with Crippen LogP contribution < -0.4 is 4.74 Å². The Morgan fingerprint density at radius 3 is 2.46 bits per heavy atom. The third-order valence-electron chi connectivity index (χ3n) is 1.53. The minimum atomic E-state index is 0.683. The number of hydrogen-bond donors (Lipinski definition) is 0. The van der Waals surface area contributed by atoms with E-state index in [0.717, 1.165) is 17.6 Å². The van der Waals surface area contributed by atoms with Gasteiger partial charge in [-0.25, -0.2) is 0 Å². The van der Waals surface area contributed by atoms with E-state index in [2.05, 4.69) is 0 Å². The Bertz CT molecular complexity index is 314. The summed E-state index contributed by atoms with van der Waals surface area (Å²) in [5.41, 5.74) is 0.998. The SMILES string of the molecule is COc1ccc(/C=C(\I)C=O)cc1. The van der Waals surface area contributed by atoms with Crippen molar-refractivity contribution in [3.63, 3.8) is 0 Å². The number of hydrogen-bond acceptors (Lipinski definition) is 2. The van der Waals surface area contributed by atoms with Gasteiger partial charge in [-0.3, -0.25) is 4.79 Å². The maximum absolute atomic E-state index is 10.3. The lowest BCUT2D eigenvalue weighted by Gasteiger charge is -1.98. The summed E-state index contributed by atoms with van der Waals surface area (Å²) in [6, 6.07) is 7.53. The van der Waals surface area contributed by atoms with Crippen LogP contribution >= 0.6 is 22.6 Å². The van der Waals surface area contributed by atoms with Crippen LogP contribution in [0.5, 0.6) is 5.75 Å². The lowest BCUT2D eigenvalue weighted by atomic mass is 10.2. The van der Waals surface area contributed by atoms with Crippen LogP contribution in [0.15, 0.2) is 27.8 Å². The third-order valence-corrected chi connectivity index (χ3v) is 2.10. The van der Waals surface area contributed by atoms with Crippen molar-refractivity contribution in [1.29, 1.82) is 0 Å². The van der Waals surface area contributed by atoms with Crippen LogP contribution in [0, 0.1) is 0 Å². The van der Waals surface area contributed by atoms with E-state index < -0.39 is 0 Å². The van der Waals surface area contributed by atoms with Gasteiger partial charge in [-0.05, 0) is 46.4 Å². The average molecular weight is 288 g/mol. The van der Waals surface area contributed by atoms with Crippen molar-refractivity contribution in [3.8, 4) is 5.75 Å². The highest BCUT2D eigenvalue weighted by Crippen LogP contribution is 2.15. The molecular formula is C10H9IO2. The predicted octanol–water partition coefficient (Wildman–Crippen LogP) is 2.67. The van der Waals surface area contributed by atoms with Crippen molar-refractivity contribution in [2.45, 2.75) is 0 Å². The van der Waals surface area contributed by atoms with Crippen LogP contribution in [0.2, 0.25) is 0 Å². The second-order valence-corrected chi connectivity index (χ2v) is 3.67. The maximum Gasteiger partial charge on any atom is 0.156 e. The van der Waals surface area contributed by atoms with E-state index in [1.807, 2.05) is 52.9 Å². The van der Waals surface area contributed by atoms with Crippen LogP contribution in [0.25, 0.3) is 6.08 Å². The molecule has 1 aromatic carbocycles. The molecule has 0 aliphatic carbocycles. The van der Waals surface area contributed by atoms with Crippen LogP contribution in [-0.4, -0.2) is 13.4 Å². The first kappa shape index (κ1) is 10.2. The van der Waals surface area contributed by atoms with Gasteiger partial charge < -0.3 is 4.74 Å². The standard InChI is InChI=1S/C10H9IO2/c1-13-10-4-2-8(3-5-10)6-9(11)7-12/h2-7H,1H3/b9-6-. The van der Waals surface area contributed by atoms with Gasteiger partial charge in [0.15, 0.2) is 6.29 Å². The van der Waals surface area contributed by atoms with Gasteiger partial charge in [0.2, 0.25) is 0 Å². The fraction of sp³-hybridized carbons (Fsp3) is 0.100. The highest BCUT2D eigenvalue weighted by atomic mass is 127. The summed E-state index contributed by atoms with van der Waals surface area (Å²) in [7, 11) is 1.63. The second-order valence-electron chi connectivity index (χ2n) is 2.42. The molecule has 0 aliphatic heterocycles. The number of halogens is 1. The topological polar surface area (TPSA) is 26.3 Å². The lowest BCUT2D eigenvalue weighted by Crippen LogP contribution is -1.81. The third kappa shape index (κ3) is 3.18. The van der Waals surface area contributed by atoms with Gasteiger partial charge in [-0.2, -0.15) is 0 Å². The first-order chi connectivity index (χ1) is 6.26. The highest BCUT2D eigenvalue weighted by molar-refractivity contribution is 14.1. The first-order valence-electron chi connectivity index (χ1n) is 3.72. The van der Waals surface area contributed by atoms with Gasteiger partial charge in [-0.1, -0.05) is 12.1 Å². The fourth-order valence-electron chi connectivity index (χ4n) is 0.893. The molecule has 0 atom stereocenters. The number of allylic oxidation sites excluding steroid dienone is 1. The average Bonchev–Trinajstić information content (AvgIpc) is 2.19. The zero-order valence-corrected chi connectivity index (χ0v) is 9.32. The quantitative estimate of drug-likeness (QED) is 0.485. The highest BCUT2D eigenvalue weighted by Gasteiger charge is 1.92. The van der Waals surface area contributed by atoms with E-state index >= 15 is 0 Å². The van der Waals surface area contributed by atoms with Crippen LogP contribution in [0.4, 0.5) is 0 Å². The Labute approximate surface area is 90.7 Å². The van der Waals surface area contributed by atoms with Crippen molar-refractivity contribution in [3.05, 3.63) is 33.4 Å². The van der Waals surface area contributed by atoms with Crippen molar-refractivity contribution in [2.75, 3.05) is 7.11 Å². The van der Waals surface area contributed by atoms with Gasteiger partial charge in [0.25, 0.3) is 0 Å². The van der Waals surface area contributed by atoms with Crippen LogP contribution in [0.3, 0.4) is 0 Å². The number of methoxy groups -OCH3 is 1. The van der Waals surface area contributed by atoms with Gasteiger partial charge in [0, 0.05) is 0 Å². The Kier molecular flexibility index (Phi) is 3.95. The zero-order chi connectivity index (χ0) is 9.68. The molecule has 0 amide bonds. The number of benzene rings is 1. The molecule has 0 radical (unpaired) electrons. The monoisotopic (exact) mass is 288 g/mol. The Morgan fingerprint density at radius 1 is 1.38 bits per heavy atom. The molecule has 0 fully saturated rings. The smallest absolute Gasteiger partial charge is 0.156 e. The van der Waals surface area contributed by atoms with Crippen LogP contribution in [0.1, 0.15) is 5.56 Å². The lowest BCUT2D eigenvalue weighted by molar-refractivity contribution is -0.104. The first-order valence-corrected chi connectivity index (χ1v) is 4.80. The normalized spacial score (nSPS) is 11.1. The van der Waals surface area contributed by atoms with Crippen molar-refractivity contribution in [2.24, 2.45) is 0 Å². The van der Waals surface area contributed by atoms with Gasteiger partial charge >= 0.3 is 0 Å². The minimum Gasteiger partial charge on any atom is -0.497 e. The molecule has 13 heavy (non-hydrogen) atoms. The minimum absolute atomic E-state index is 0.683. The summed E-state index contributed by atoms with van der Waals surface area (Å²) in [5.74, 6) is 0.818. The molecule has 0 unspecified atom stereocenters. The summed E-state index contributed by atoms with van der Waals surface area (Å²) in [5, 5.41) is 0. The molecule has 0 saturated heterocycles. The van der Waals surface area contributed by atoms with Crippen LogP contribution in [-0.2, 0) is 4.79 Å². The molecule has 0 saturated carbocycles. The Morgan fingerprint density at radius 2 is 2.00 bits per heavy atom. The number of carbonyl (C=O) groups is 1. The summed E-state index contributed by atoms with van der Waals surface area (Å²) >= 11 is 1.99. The molecule has 0 heterocycles. The largest absolute Gasteiger partial charge is 0.497 e. The molecule has 0 aliphatic rings. The second kappa shape index (κ2) is 5.01. The number of ether oxygens (including phenoxy) is 1. The Hall–Kier alpha value is -0.840. The van der Waals surface area contributed by atoms with E-state index in [9.17, 15) is 4.79 Å². The molecule has 1 aromatic rings. The molecule has 68 valence electrons. The number of carbonyl (C=O) groups excluding carboxylic acids is 1. The van der Waals surface area contributed by atoms with Crippen molar-refractivity contribution < 1.29 is 9.53 Å². The molecule has 0 bridgehead atoms.